The van der Waals surface area contributed by atoms with Gasteiger partial charge in [0.2, 0.25) is 0 Å². The van der Waals surface area contributed by atoms with Crippen LogP contribution in [0.15, 0.2) is 11.6 Å². The van der Waals surface area contributed by atoms with E-state index in [1.54, 1.807) is 0 Å². The van der Waals surface area contributed by atoms with Crippen molar-refractivity contribution in [1.29, 1.82) is 0 Å². The molecule has 4 saturated carbocycles. The van der Waals surface area contributed by atoms with Gasteiger partial charge in [0.25, 0.3) is 0 Å². The lowest BCUT2D eigenvalue weighted by molar-refractivity contribution is -0.209. The molecule has 4 heteroatoms. The van der Waals surface area contributed by atoms with Crippen molar-refractivity contribution in [2.75, 3.05) is 0 Å². The number of aliphatic carboxylic acids is 1. The van der Waals surface area contributed by atoms with E-state index >= 15 is 0 Å². The minimum absolute atomic E-state index is 0.0304. The van der Waals surface area contributed by atoms with Gasteiger partial charge in [-0.05, 0) is 96.7 Å². The molecule has 0 radical (unpaired) electrons. The van der Waals surface area contributed by atoms with Crippen molar-refractivity contribution < 1.29 is 20.1 Å². The quantitative estimate of drug-likeness (QED) is 0.405. The summed E-state index contributed by atoms with van der Waals surface area (Å²) in [6, 6.07) is 0. The molecule has 0 spiro atoms. The third-order valence-corrected chi connectivity index (χ3v) is 13.4. The first-order valence-corrected chi connectivity index (χ1v) is 13.9. The zero-order valence-electron chi connectivity index (χ0n) is 22.5. The molecule has 5 aliphatic rings. The predicted octanol–water partition coefficient (Wildman–Crippen LogP) is 6.06. The first kappa shape index (κ1) is 24.8. The van der Waals surface area contributed by atoms with Crippen LogP contribution in [0.2, 0.25) is 0 Å². The Bertz CT molecular complexity index is 907. The van der Waals surface area contributed by atoms with E-state index in [0.717, 1.165) is 38.5 Å². The second-order valence-electron chi connectivity index (χ2n) is 14.7. The number of hydrogen-bond acceptors (Lipinski definition) is 3. The highest BCUT2D eigenvalue weighted by Crippen LogP contribution is 2.75. The largest absolute Gasteiger partial charge is 0.481 e. The summed E-state index contributed by atoms with van der Waals surface area (Å²) >= 11 is 0. The van der Waals surface area contributed by atoms with E-state index in [0.29, 0.717) is 18.3 Å². The van der Waals surface area contributed by atoms with Gasteiger partial charge in [-0.25, -0.2) is 0 Å². The lowest BCUT2D eigenvalue weighted by atomic mass is 9.33. The number of hydrogen-bond donors (Lipinski definition) is 3. The van der Waals surface area contributed by atoms with Crippen molar-refractivity contribution >= 4 is 5.97 Å². The van der Waals surface area contributed by atoms with Crippen LogP contribution < -0.4 is 0 Å². The lowest BCUT2D eigenvalue weighted by Gasteiger charge is -2.71. The molecule has 0 aromatic rings. The molecule has 34 heavy (non-hydrogen) atoms. The van der Waals surface area contributed by atoms with Gasteiger partial charge in [-0.3, -0.25) is 4.79 Å². The minimum atomic E-state index is -0.752. The molecule has 4 fully saturated rings. The summed E-state index contributed by atoms with van der Waals surface area (Å²) in [7, 11) is 0. The van der Waals surface area contributed by atoms with Gasteiger partial charge in [-0.2, -0.15) is 0 Å². The SMILES string of the molecule is C[C@@H]1[C@H]2C3=CC[C@@H]4[C@@]5(C)CC[C@H](O)C(C)(C)[C@H]5CC[C@@]4(C)[C@]3(C)CC[C@@]2(C)[C@@H](O)C[C@H]1C(=O)O. The Morgan fingerprint density at radius 2 is 1.56 bits per heavy atom. The molecule has 0 heterocycles. The molecule has 0 aromatic carbocycles. The maximum absolute atomic E-state index is 12.2. The summed E-state index contributed by atoms with van der Waals surface area (Å²) < 4.78 is 0. The number of aliphatic hydroxyl groups is 2. The zero-order chi connectivity index (χ0) is 25.1. The molecule has 0 bridgehead atoms. The van der Waals surface area contributed by atoms with E-state index in [1.807, 2.05) is 0 Å². The highest BCUT2D eigenvalue weighted by Gasteiger charge is 2.69. The fraction of sp³-hybridized carbons (Fsp3) is 0.900. The number of carboxylic acids is 1. The van der Waals surface area contributed by atoms with E-state index in [4.69, 9.17) is 0 Å². The standard InChI is InChI=1S/C30H48O4/c1-17-18(25(33)34)16-23(32)28(5)14-15-29(6)19(24(17)28)8-9-21-27(4)12-11-22(31)26(2,3)20(27)10-13-30(21,29)7/h8,17-18,20-24,31-32H,9-16H2,1-7H3,(H,33,34)/t17-,18+,20+,21+,22-,23-,24-,27-,28-,29+,30+/m0/s1. The van der Waals surface area contributed by atoms with E-state index in [2.05, 4.69) is 54.5 Å². The van der Waals surface area contributed by atoms with Crippen LogP contribution in [0.5, 0.6) is 0 Å². The van der Waals surface area contributed by atoms with Crippen molar-refractivity contribution in [3.63, 3.8) is 0 Å². The molecule has 0 aliphatic heterocycles. The second kappa shape index (κ2) is 7.34. The average Bonchev–Trinajstić information content (AvgIpc) is 2.74. The number of carbonyl (C=O) groups is 1. The van der Waals surface area contributed by atoms with Crippen LogP contribution in [0.25, 0.3) is 0 Å². The number of allylic oxidation sites excluding steroid dienone is 2. The summed E-state index contributed by atoms with van der Waals surface area (Å²) in [6.07, 6.45) is 9.55. The Morgan fingerprint density at radius 3 is 2.21 bits per heavy atom. The molecule has 0 unspecified atom stereocenters. The maximum Gasteiger partial charge on any atom is 0.306 e. The van der Waals surface area contributed by atoms with Gasteiger partial charge in [0.1, 0.15) is 0 Å². The number of rotatable bonds is 1. The summed E-state index contributed by atoms with van der Waals surface area (Å²) in [6.45, 7) is 16.5. The molecule has 4 nitrogen and oxygen atoms in total. The smallest absolute Gasteiger partial charge is 0.306 e. The van der Waals surface area contributed by atoms with Crippen molar-refractivity contribution in [2.24, 2.45) is 56.7 Å². The fourth-order valence-corrected chi connectivity index (χ4v) is 11.0. The van der Waals surface area contributed by atoms with Crippen LogP contribution in [-0.4, -0.2) is 33.5 Å². The highest BCUT2D eigenvalue weighted by atomic mass is 16.4. The Hall–Kier alpha value is -0.870. The zero-order valence-corrected chi connectivity index (χ0v) is 22.5. The van der Waals surface area contributed by atoms with Crippen LogP contribution in [0.4, 0.5) is 0 Å². The van der Waals surface area contributed by atoms with E-state index in [9.17, 15) is 20.1 Å². The summed E-state index contributed by atoms with van der Waals surface area (Å²) in [4.78, 5) is 12.2. The maximum atomic E-state index is 12.2. The number of aliphatic hydroxyl groups excluding tert-OH is 2. The van der Waals surface area contributed by atoms with Gasteiger partial charge in [0, 0.05) is 5.41 Å². The predicted molar refractivity (Wildman–Crippen MR) is 134 cm³/mol. The molecule has 0 amide bonds. The molecule has 11 atom stereocenters. The lowest BCUT2D eigenvalue weighted by Crippen LogP contribution is -2.65. The van der Waals surface area contributed by atoms with Crippen LogP contribution in [0, 0.1) is 56.7 Å². The van der Waals surface area contributed by atoms with Crippen LogP contribution in [-0.2, 0) is 4.79 Å². The van der Waals surface area contributed by atoms with Crippen molar-refractivity contribution in [3.05, 3.63) is 11.6 Å². The summed E-state index contributed by atoms with van der Waals surface area (Å²) in [5.74, 6) is 0.0357. The molecule has 5 rings (SSSR count). The third kappa shape index (κ3) is 2.82. The highest BCUT2D eigenvalue weighted by molar-refractivity contribution is 5.71. The topological polar surface area (TPSA) is 77.8 Å². The van der Waals surface area contributed by atoms with Crippen LogP contribution in [0.3, 0.4) is 0 Å². The Morgan fingerprint density at radius 1 is 0.882 bits per heavy atom. The fourth-order valence-electron chi connectivity index (χ4n) is 11.0. The van der Waals surface area contributed by atoms with E-state index in [-0.39, 0.29) is 45.0 Å². The normalized spacial score (nSPS) is 56.3. The summed E-state index contributed by atoms with van der Waals surface area (Å²) in [5.41, 5.74) is 1.57. The Labute approximate surface area is 206 Å². The van der Waals surface area contributed by atoms with Gasteiger partial charge in [0.15, 0.2) is 0 Å². The van der Waals surface area contributed by atoms with Gasteiger partial charge in [-0.1, -0.05) is 60.1 Å². The molecule has 0 aromatic heterocycles. The van der Waals surface area contributed by atoms with Gasteiger partial charge in [-0.15, -0.1) is 0 Å². The van der Waals surface area contributed by atoms with Crippen molar-refractivity contribution in [2.45, 2.75) is 112 Å². The van der Waals surface area contributed by atoms with Gasteiger partial charge in [0.05, 0.1) is 18.1 Å². The summed E-state index contributed by atoms with van der Waals surface area (Å²) in [5, 5.41) is 32.1. The average molecular weight is 473 g/mol. The Balaban J connectivity index is 1.60. The molecule has 192 valence electrons. The van der Waals surface area contributed by atoms with Gasteiger partial charge >= 0.3 is 5.97 Å². The molecular formula is C30H48O4. The van der Waals surface area contributed by atoms with Crippen LogP contribution >= 0.6 is 0 Å². The molecule has 3 N–H and O–H groups in total. The van der Waals surface area contributed by atoms with Crippen molar-refractivity contribution in [1.82, 2.24) is 0 Å². The number of carboxylic acid groups (broad SMARTS) is 1. The molecular weight excluding hydrogens is 424 g/mol. The molecule has 5 aliphatic carbocycles. The van der Waals surface area contributed by atoms with E-state index < -0.39 is 18.0 Å². The first-order chi connectivity index (χ1) is 15.6. The third-order valence-electron chi connectivity index (χ3n) is 13.4. The van der Waals surface area contributed by atoms with Crippen LogP contribution in [0.1, 0.15) is 99.8 Å². The molecule has 0 saturated heterocycles. The van der Waals surface area contributed by atoms with Crippen molar-refractivity contribution in [3.8, 4) is 0 Å². The Kier molecular flexibility index (Phi) is 5.36. The first-order valence-electron chi connectivity index (χ1n) is 13.9. The van der Waals surface area contributed by atoms with E-state index in [1.165, 1.54) is 12.0 Å². The second-order valence-corrected chi connectivity index (χ2v) is 14.7. The minimum Gasteiger partial charge on any atom is -0.481 e. The monoisotopic (exact) mass is 472 g/mol. The van der Waals surface area contributed by atoms with Gasteiger partial charge < -0.3 is 15.3 Å². The number of fused-ring (bicyclic) bond motifs is 7.